The van der Waals surface area contributed by atoms with Crippen LogP contribution in [0.5, 0.6) is 0 Å². The molecule has 4 aromatic carbocycles. The van der Waals surface area contributed by atoms with Gasteiger partial charge in [0.1, 0.15) is 18.4 Å². The number of anilines is 1. The van der Waals surface area contributed by atoms with Crippen LogP contribution in [-0.2, 0) is 32.6 Å². The van der Waals surface area contributed by atoms with E-state index in [0.29, 0.717) is 16.1 Å². The summed E-state index contributed by atoms with van der Waals surface area (Å²) in [6, 6.07) is 25.4. The van der Waals surface area contributed by atoms with Crippen molar-refractivity contribution in [2.45, 2.75) is 75.9 Å². The molecule has 1 fully saturated rings. The van der Waals surface area contributed by atoms with Gasteiger partial charge in [-0.1, -0.05) is 97.1 Å². The Balaban J connectivity index is 1.58. The molecule has 0 aliphatic heterocycles. The number of hydrogen-bond acceptors (Lipinski definition) is 4. The van der Waals surface area contributed by atoms with E-state index in [4.69, 9.17) is 11.6 Å². The number of carbonyl (C=O) groups excluding carboxylic acids is 2. The summed E-state index contributed by atoms with van der Waals surface area (Å²) in [5.41, 5.74) is 3.18. The fourth-order valence-electron chi connectivity index (χ4n) is 6.09. The first kappa shape index (κ1) is 35.1. The Morgan fingerprint density at radius 1 is 0.875 bits per heavy atom. The normalized spacial score (nSPS) is 14.2. The lowest BCUT2D eigenvalue weighted by atomic mass is 9.94. The molecule has 0 bridgehead atoms. The van der Waals surface area contributed by atoms with Crippen LogP contribution in [0, 0.1) is 19.7 Å². The summed E-state index contributed by atoms with van der Waals surface area (Å²) in [7, 11) is -4.27. The lowest BCUT2D eigenvalue weighted by Crippen LogP contribution is -2.55. The van der Waals surface area contributed by atoms with E-state index in [1.807, 2.05) is 37.3 Å². The maximum atomic E-state index is 14.7. The zero-order valence-electron chi connectivity index (χ0n) is 27.2. The number of nitrogens with one attached hydrogen (secondary N) is 1. The van der Waals surface area contributed by atoms with Crippen LogP contribution in [0.1, 0.15) is 54.4 Å². The molecule has 0 heterocycles. The smallest absolute Gasteiger partial charge is 0.264 e. The van der Waals surface area contributed by atoms with Gasteiger partial charge in [-0.25, -0.2) is 12.8 Å². The average Bonchev–Trinajstić information content (AvgIpc) is 3.08. The molecule has 10 heteroatoms. The lowest BCUT2D eigenvalue weighted by molar-refractivity contribution is -0.140. The Morgan fingerprint density at radius 2 is 1.54 bits per heavy atom. The monoisotopic (exact) mass is 689 g/mol. The average molecular weight is 690 g/mol. The van der Waals surface area contributed by atoms with Crippen molar-refractivity contribution in [1.82, 2.24) is 10.2 Å². The Morgan fingerprint density at radius 3 is 2.21 bits per heavy atom. The Kier molecular flexibility index (Phi) is 11.5. The third kappa shape index (κ3) is 8.82. The molecule has 4 aromatic rings. The summed E-state index contributed by atoms with van der Waals surface area (Å²) >= 11 is 6.37. The van der Waals surface area contributed by atoms with E-state index in [0.717, 1.165) is 47.5 Å². The summed E-state index contributed by atoms with van der Waals surface area (Å²) in [6.07, 6.45) is 5.05. The second-order valence-corrected chi connectivity index (χ2v) is 14.8. The topological polar surface area (TPSA) is 86.8 Å². The Bertz CT molecular complexity index is 1810. The SMILES string of the molecule is Cc1ccc(S(=O)(=O)N(CC(=O)N(Cc2ccc(F)cc2)C(Cc2ccccc2)C(=O)NC2CCCCC2)c2cc(Cl)ccc2C)cc1. The number of benzene rings is 4. The molecule has 0 aromatic heterocycles. The van der Waals surface area contributed by atoms with E-state index >= 15 is 0 Å². The molecule has 1 atom stereocenters. The minimum Gasteiger partial charge on any atom is -0.352 e. The van der Waals surface area contributed by atoms with Crippen LogP contribution < -0.4 is 9.62 Å². The lowest BCUT2D eigenvalue weighted by Gasteiger charge is -2.35. The Hall–Kier alpha value is -4.21. The predicted molar refractivity (Wildman–Crippen MR) is 188 cm³/mol. The quantitative estimate of drug-likeness (QED) is 0.168. The maximum absolute atomic E-state index is 14.7. The first-order chi connectivity index (χ1) is 23.0. The fraction of sp³-hybridized carbons (Fsp3) is 0.316. The summed E-state index contributed by atoms with van der Waals surface area (Å²) in [4.78, 5) is 30.3. The molecule has 1 aliphatic carbocycles. The molecule has 252 valence electrons. The van der Waals surface area contributed by atoms with E-state index in [1.54, 1.807) is 43.3 Å². The third-order valence-electron chi connectivity index (χ3n) is 8.82. The van der Waals surface area contributed by atoms with Gasteiger partial charge in [0.2, 0.25) is 11.8 Å². The van der Waals surface area contributed by atoms with Crippen molar-refractivity contribution in [2.24, 2.45) is 0 Å². The molecular weight excluding hydrogens is 649 g/mol. The molecule has 1 N–H and O–H groups in total. The highest BCUT2D eigenvalue weighted by atomic mass is 35.5. The summed E-state index contributed by atoms with van der Waals surface area (Å²) < 4.78 is 43.6. The van der Waals surface area contributed by atoms with Crippen LogP contribution >= 0.6 is 11.6 Å². The van der Waals surface area contributed by atoms with Crippen molar-refractivity contribution in [3.8, 4) is 0 Å². The molecule has 0 radical (unpaired) electrons. The van der Waals surface area contributed by atoms with Crippen LogP contribution in [-0.4, -0.2) is 43.8 Å². The van der Waals surface area contributed by atoms with Crippen molar-refractivity contribution >= 4 is 39.1 Å². The number of amides is 2. The van der Waals surface area contributed by atoms with Gasteiger partial charge in [0, 0.05) is 24.0 Å². The van der Waals surface area contributed by atoms with Gasteiger partial charge in [-0.05, 0) is 79.8 Å². The fourth-order valence-corrected chi connectivity index (χ4v) is 7.72. The molecule has 1 aliphatic rings. The van der Waals surface area contributed by atoms with Crippen molar-refractivity contribution in [3.63, 3.8) is 0 Å². The van der Waals surface area contributed by atoms with Gasteiger partial charge >= 0.3 is 0 Å². The predicted octanol–water partition coefficient (Wildman–Crippen LogP) is 7.38. The highest BCUT2D eigenvalue weighted by molar-refractivity contribution is 7.92. The number of aryl methyl sites for hydroxylation is 2. The van der Waals surface area contributed by atoms with Crippen molar-refractivity contribution in [3.05, 3.63) is 130 Å². The standard InChI is InChI=1S/C38H41ClFN3O4S/c1-27-13-21-34(22-14-27)48(46,47)43(35-24-31(39)18-15-28(35)2)26-37(44)42(25-30-16-19-32(40)20-17-30)36(23-29-9-5-3-6-10-29)38(45)41-33-11-7-4-8-12-33/h3,5-6,9-10,13-22,24,33,36H,4,7-8,11-12,23,25-26H2,1-2H3,(H,41,45). The number of rotatable bonds is 12. The molecule has 5 rings (SSSR count). The zero-order valence-corrected chi connectivity index (χ0v) is 28.8. The van der Waals surface area contributed by atoms with E-state index in [2.05, 4.69) is 5.32 Å². The van der Waals surface area contributed by atoms with Gasteiger partial charge in [-0.15, -0.1) is 0 Å². The van der Waals surface area contributed by atoms with Crippen LogP contribution in [0.25, 0.3) is 0 Å². The largest absolute Gasteiger partial charge is 0.352 e. The first-order valence-electron chi connectivity index (χ1n) is 16.2. The minimum absolute atomic E-state index is 0.0141. The highest BCUT2D eigenvalue weighted by Crippen LogP contribution is 2.30. The van der Waals surface area contributed by atoms with Gasteiger partial charge in [0.25, 0.3) is 10.0 Å². The number of hydrogen-bond donors (Lipinski definition) is 1. The summed E-state index contributed by atoms with van der Waals surface area (Å²) in [5, 5.41) is 3.50. The third-order valence-corrected chi connectivity index (χ3v) is 10.8. The molecule has 0 saturated heterocycles. The van der Waals surface area contributed by atoms with Gasteiger partial charge in [0.15, 0.2) is 0 Å². The second-order valence-electron chi connectivity index (χ2n) is 12.5. The highest BCUT2D eigenvalue weighted by Gasteiger charge is 2.36. The van der Waals surface area contributed by atoms with E-state index in [9.17, 15) is 22.4 Å². The maximum Gasteiger partial charge on any atom is 0.264 e. The number of carbonyl (C=O) groups is 2. The summed E-state index contributed by atoms with van der Waals surface area (Å²) in [5.74, 6) is -1.33. The molecule has 48 heavy (non-hydrogen) atoms. The zero-order chi connectivity index (χ0) is 34.3. The summed E-state index contributed by atoms with van der Waals surface area (Å²) in [6.45, 7) is 2.97. The van der Waals surface area contributed by atoms with Gasteiger partial charge in [-0.2, -0.15) is 0 Å². The number of halogens is 2. The van der Waals surface area contributed by atoms with E-state index in [-0.39, 0.29) is 35.5 Å². The van der Waals surface area contributed by atoms with Crippen LogP contribution in [0.4, 0.5) is 10.1 Å². The molecule has 0 spiro atoms. The molecule has 1 unspecified atom stereocenters. The van der Waals surface area contributed by atoms with Gasteiger partial charge in [0.05, 0.1) is 10.6 Å². The molecule has 7 nitrogen and oxygen atoms in total. The van der Waals surface area contributed by atoms with Crippen molar-refractivity contribution in [1.29, 1.82) is 0 Å². The molecular formula is C38H41ClFN3O4S. The van der Waals surface area contributed by atoms with Crippen molar-refractivity contribution < 1.29 is 22.4 Å². The van der Waals surface area contributed by atoms with E-state index < -0.39 is 34.3 Å². The molecule has 1 saturated carbocycles. The van der Waals surface area contributed by atoms with E-state index in [1.165, 1.54) is 35.2 Å². The van der Waals surface area contributed by atoms with Crippen LogP contribution in [0.3, 0.4) is 0 Å². The van der Waals surface area contributed by atoms with Crippen molar-refractivity contribution in [2.75, 3.05) is 10.8 Å². The molecule has 2 amide bonds. The number of sulfonamides is 1. The second kappa shape index (κ2) is 15.8. The first-order valence-corrected chi connectivity index (χ1v) is 18.1. The van der Waals surface area contributed by atoms with Gasteiger partial charge in [-0.3, -0.25) is 13.9 Å². The van der Waals surface area contributed by atoms with Gasteiger partial charge < -0.3 is 10.2 Å². The Labute approximate surface area is 287 Å². The number of nitrogens with zero attached hydrogens (tertiary/aromatic N) is 2. The minimum atomic E-state index is -4.27. The van der Waals surface area contributed by atoms with Crippen LogP contribution in [0.2, 0.25) is 5.02 Å². The van der Waals surface area contributed by atoms with Crippen LogP contribution in [0.15, 0.2) is 102 Å².